The number of nitrogens with two attached hydrogens (primary N) is 1. The molecular formula is C22H25N3O2. The fourth-order valence-corrected chi connectivity index (χ4v) is 4.33. The molecule has 1 aliphatic heterocycles. The van der Waals surface area contributed by atoms with Crippen molar-refractivity contribution in [3.63, 3.8) is 0 Å². The summed E-state index contributed by atoms with van der Waals surface area (Å²) in [6, 6.07) is 15.0. The van der Waals surface area contributed by atoms with E-state index < -0.39 is 11.9 Å². The molecule has 140 valence electrons. The molecule has 2 aliphatic rings. The molecule has 27 heavy (non-hydrogen) atoms. The lowest BCUT2D eigenvalue weighted by Gasteiger charge is -2.25. The highest BCUT2D eigenvalue weighted by Crippen LogP contribution is 2.48. The number of amides is 2. The van der Waals surface area contributed by atoms with Gasteiger partial charge in [-0.1, -0.05) is 42.5 Å². The summed E-state index contributed by atoms with van der Waals surface area (Å²) < 4.78 is 0. The third-order valence-electron chi connectivity index (χ3n) is 5.69. The molecule has 0 bridgehead atoms. The van der Waals surface area contributed by atoms with Crippen molar-refractivity contribution in [1.29, 1.82) is 0 Å². The van der Waals surface area contributed by atoms with Gasteiger partial charge in [-0.2, -0.15) is 0 Å². The minimum Gasteiger partial charge on any atom is -0.368 e. The van der Waals surface area contributed by atoms with Crippen LogP contribution >= 0.6 is 0 Å². The molecule has 1 fully saturated rings. The van der Waals surface area contributed by atoms with Gasteiger partial charge in [0.05, 0.1) is 0 Å². The maximum Gasteiger partial charge on any atom is 0.255 e. The summed E-state index contributed by atoms with van der Waals surface area (Å²) in [5, 5.41) is 0. The Bertz CT molecular complexity index is 902. The van der Waals surface area contributed by atoms with Crippen LogP contribution in [-0.4, -0.2) is 42.3 Å². The number of carbonyl (C=O) groups excluding carboxylic acids is 2. The highest BCUT2D eigenvalue weighted by molar-refractivity contribution is 6.04. The fourth-order valence-electron chi connectivity index (χ4n) is 4.33. The molecule has 2 amide bonds. The molecule has 2 N–H and O–H groups in total. The average Bonchev–Trinajstić information content (AvgIpc) is 3.35. The highest BCUT2D eigenvalue weighted by Gasteiger charge is 2.45. The Morgan fingerprint density at radius 2 is 1.93 bits per heavy atom. The number of hydrogen-bond acceptors (Lipinski definition) is 3. The van der Waals surface area contributed by atoms with Crippen LogP contribution in [0, 0.1) is 0 Å². The quantitative estimate of drug-likeness (QED) is 0.857. The molecule has 2 aromatic rings. The van der Waals surface area contributed by atoms with Crippen LogP contribution in [0.25, 0.3) is 0 Å². The lowest BCUT2D eigenvalue weighted by Crippen LogP contribution is -2.35. The van der Waals surface area contributed by atoms with E-state index >= 15 is 0 Å². The van der Waals surface area contributed by atoms with Gasteiger partial charge in [-0.05, 0) is 49.7 Å². The number of likely N-dealkylation sites (N-methyl/N-ethyl adjacent to an activating group) is 1. The Hall–Kier alpha value is -2.66. The van der Waals surface area contributed by atoms with Crippen molar-refractivity contribution in [1.82, 2.24) is 9.80 Å². The van der Waals surface area contributed by atoms with E-state index in [0.29, 0.717) is 17.7 Å². The van der Waals surface area contributed by atoms with Crippen molar-refractivity contribution in [2.45, 2.75) is 30.8 Å². The number of fused-ring (bicyclic) bond motifs is 1. The lowest BCUT2D eigenvalue weighted by molar-refractivity contribution is -0.122. The fraction of sp³-hybridized carbons (Fsp3) is 0.364. The summed E-state index contributed by atoms with van der Waals surface area (Å²) in [6.07, 6.45) is 2.37. The number of carbonyl (C=O) groups is 2. The first kappa shape index (κ1) is 17.7. The molecule has 1 saturated carbocycles. The van der Waals surface area contributed by atoms with Crippen LogP contribution in [0.4, 0.5) is 0 Å². The van der Waals surface area contributed by atoms with Gasteiger partial charge in [0.1, 0.15) is 6.04 Å². The average molecular weight is 363 g/mol. The first-order chi connectivity index (χ1) is 12.9. The van der Waals surface area contributed by atoms with Gasteiger partial charge in [0.15, 0.2) is 0 Å². The van der Waals surface area contributed by atoms with Gasteiger partial charge in [-0.15, -0.1) is 0 Å². The predicted molar refractivity (Wildman–Crippen MR) is 104 cm³/mol. The van der Waals surface area contributed by atoms with Gasteiger partial charge in [-0.3, -0.25) is 9.59 Å². The molecule has 1 unspecified atom stereocenters. The molecular weight excluding hydrogens is 338 g/mol. The highest BCUT2D eigenvalue weighted by atomic mass is 16.2. The van der Waals surface area contributed by atoms with Crippen molar-refractivity contribution in [2.75, 3.05) is 20.6 Å². The van der Waals surface area contributed by atoms with Crippen molar-refractivity contribution in [2.24, 2.45) is 5.73 Å². The van der Waals surface area contributed by atoms with E-state index in [0.717, 1.165) is 12.1 Å². The van der Waals surface area contributed by atoms with Crippen LogP contribution in [0.1, 0.15) is 45.9 Å². The summed E-state index contributed by atoms with van der Waals surface area (Å²) in [6.45, 7) is 1.40. The molecule has 5 heteroatoms. The zero-order valence-electron chi connectivity index (χ0n) is 15.8. The first-order valence-electron chi connectivity index (χ1n) is 9.35. The van der Waals surface area contributed by atoms with E-state index in [1.54, 1.807) is 11.0 Å². The number of primary amides is 1. The van der Waals surface area contributed by atoms with Gasteiger partial charge in [0, 0.05) is 24.1 Å². The minimum absolute atomic E-state index is 0.130. The Kier molecular flexibility index (Phi) is 4.27. The molecule has 0 radical (unpaired) electrons. The minimum atomic E-state index is -0.700. The third-order valence-corrected chi connectivity index (χ3v) is 5.69. The van der Waals surface area contributed by atoms with Crippen LogP contribution in [0.3, 0.4) is 0 Å². The summed E-state index contributed by atoms with van der Waals surface area (Å²) >= 11 is 0. The largest absolute Gasteiger partial charge is 0.368 e. The van der Waals surface area contributed by atoms with E-state index in [1.807, 2.05) is 30.3 Å². The third kappa shape index (κ3) is 3.12. The maximum absolute atomic E-state index is 12.9. The van der Waals surface area contributed by atoms with E-state index in [4.69, 9.17) is 5.73 Å². The predicted octanol–water partition coefficient (Wildman–Crippen LogP) is 2.46. The summed E-state index contributed by atoms with van der Waals surface area (Å²) in [5.74, 6) is -0.620. The van der Waals surface area contributed by atoms with Crippen LogP contribution in [0.2, 0.25) is 0 Å². The van der Waals surface area contributed by atoms with Crippen LogP contribution < -0.4 is 5.73 Å². The Balaban J connectivity index is 1.62. The number of rotatable bonds is 6. The molecule has 5 nitrogen and oxygen atoms in total. The summed E-state index contributed by atoms with van der Waals surface area (Å²) in [5.41, 5.74) is 9.49. The monoisotopic (exact) mass is 363 g/mol. The van der Waals surface area contributed by atoms with E-state index in [9.17, 15) is 9.59 Å². The number of benzene rings is 2. The normalized spacial score (nSPS) is 20.0. The Morgan fingerprint density at radius 3 is 2.59 bits per heavy atom. The number of hydrogen-bond donors (Lipinski definition) is 1. The van der Waals surface area contributed by atoms with E-state index in [2.05, 4.69) is 31.1 Å². The van der Waals surface area contributed by atoms with Gasteiger partial charge in [0.2, 0.25) is 5.91 Å². The molecule has 1 aliphatic carbocycles. The molecule has 0 aromatic heterocycles. The maximum atomic E-state index is 12.9. The Labute approximate surface area is 159 Å². The van der Waals surface area contributed by atoms with Crippen molar-refractivity contribution < 1.29 is 9.59 Å². The van der Waals surface area contributed by atoms with Crippen molar-refractivity contribution >= 4 is 11.8 Å². The van der Waals surface area contributed by atoms with Gasteiger partial charge >= 0.3 is 0 Å². The zero-order valence-corrected chi connectivity index (χ0v) is 15.8. The van der Waals surface area contributed by atoms with Crippen molar-refractivity contribution in [3.8, 4) is 0 Å². The van der Waals surface area contributed by atoms with Crippen LogP contribution in [0.15, 0.2) is 48.5 Å². The van der Waals surface area contributed by atoms with Crippen LogP contribution in [0.5, 0.6) is 0 Å². The Morgan fingerprint density at radius 1 is 1.19 bits per heavy atom. The summed E-state index contributed by atoms with van der Waals surface area (Å²) in [7, 11) is 4.20. The second-order valence-corrected chi connectivity index (χ2v) is 8.04. The van der Waals surface area contributed by atoms with Crippen LogP contribution in [-0.2, 0) is 16.8 Å². The summed E-state index contributed by atoms with van der Waals surface area (Å²) in [4.78, 5) is 28.8. The van der Waals surface area contributed by atoms with E-state index in [1.165, 1.54) is 18.4 Å². The lowest BCUT2D eigenvalue weighted by atomic mass is 9.93. The first-order valence-corrected chi connectivity index (χ1v) is 9.35. The van der Waals surface area contributed by atoms with E-state index in [-0.39, 0.29) is 11.3 Å². The zero-order chi connectivity index (χ0) is 19.2. The smallest absolute Gasteiger partial charge is 0.255 e. The SMILES string of the molecule is CN(C)CC1(c2cccc(CN3C(=O)c4ccccc4C3C(N)=O)c2)CC1. The topological polar surface area (TPSA) is 66.6 Å². The second-order valence-electron chi connectivity index (χ2n) is 8.04. The van der Waals surface area contributed by atoms with Gasteiger partial charge in [0.25, 0.3) is 5.91 Å². The molecule has 2 aromatic carbocycles. The molecule has 4 rings (SSSR count). The molecule has 0 spiro atoms. The number of nitrogens with zero attached hydrogens (tertiary/aromatic N) is 2. The standard InChI is InChI=1S/C22H25N3O2/c1-24(2)14-22(10-11-22)16-7-5-6-15(12-16)13-25-19(20(23)26)17-8-3-4-9-18(17)21(25)27/h3-9,12,19H,10-11,13-14H2,1-2H3,(H2,23,26). The second kappa shape index (κ2) is 6.50. The van der Waals surface area contributed by atoms with Gasteiger partial charge in [-0.25, -0.2) is 0 Å². The van der Waals surface area contributed by atoms with Gasteiger partial charge < -0.3 is 15.5 Å². The molecule has 1 atom stereocenters. The molecule has 1 heterocycles. The molecule has 0 saturated heterocycles. The van der Waals surface area contributed by atoms with Crippen molar-refractivity contribution in [3.05, 3.63) is 70.8 Å².